The molecule has 0 saturated carbocycles. The van der Waals surface area contributed by atoms with Gasteiger partial charge in [-0.3, -0.25) is 14.4 Å². The van der Waals surface area contributed by atoms with E-state index in [0.717, 1.165) is 38.9 Å². The van der Waals surface area contributed by atoms with Gasteiger partial charge in [0.1, 0.15) is 5.60 Å². The van der Waals surface area contributed by atoms with Gasteiger partial charge in [0.05, 0.1) is 11.9 Å². The van der Waals surface area contributed by atoms with Gasteiger partial charge in [-0.15, -0.1) is 0 Å². The minimum atomic E-state index is -0.207. The summed E-state index contributed by atoms with van der Waals surface area (Å²) in [7, 11) is 1.98. The van der Waals surface area contributed by atoms with Crippen LogP contribution in [0.3, 0.4) is 0 Å². The average Bonchev–Trinajstić information content (AvgIpc) is 2.87. The van der Waals surface area contributed by atoms with Gasteiger partial charge in [-0.05, 0) is 38.3 Å². The van der Waals surface area contributed by atoms with Crippen LogP contribution in [0.25, 0.3) is 0 Å². The number of ether oxygens (including phenoxy) is 1. The Morgan fingerprint density at radius 2 is 2.32 bits per heavy atom. The molecule has 5 nitrogen and oxygen atoms in total. The fourth-order valence-electron chi connectivity index (χ4n) is 3.30. The summed E-state index contributed by atoms with van der Waals surface area (Å²) in [6.07, 6.45) is 5.49. The molecule has 1 aromatic rings. The molecule has 0 bridgehead atoms. The molecule has 0 unspecified atom stereocenters. The number of aryl methyl sites for hydroxylation is 2. The van der Waals surface area contributed by atoms with Crippen molar-refractivity contribution in [3.8, 4) is 0 Å². The van der Waals surface area contributed by atoms with Crippen molar-refractivity contribution in [2.75, 3.05) is 13.1 Å². The summed E-state index contributed by atoms with van der Waals surface area (Å²) in [6.45, 7) is 4.92. The molecule has 19 heavy (non-hydrogen) atoms. The Balaban J connectivity index is 1.71. The van der Waals surface area contributed by atoms with Crippen LogP contribution in [0.5, 0.6) is 0 Å². The predicted octanol–water partition coefficient (Wildman–Crippen LogP) is 1.40. The molecule has 0 radical (unpaired) electrons. The SMILES string of the molecule is Cc1cnn(C)c1CN1CCC[C@@]2(CCC(=O)O2)C1. The fraction of sp³-hybridized carbons (Fsp3) is 0.714. The Hall–Kier alpha value is -1.36. The van der Waals surface area contributed by atoms with E-state index < -0.39 is 0 Å². The first-order valence-corrected chi connectivity index (χ1v) is 7.00. The highest BCUT2D eigenvalue weighted by atomic mass is 16.6. The second-order valence-corrected chi connectivity index (χ2v) is 5.87. The molecule has 2 aliphatic rings. The first kappa shape index (κ1) is 12.7. The lowest BCUT2D eigenvalue weighted by atomic mass is 9.90. The molecule has 0 aliphatic carbocycles. The van der Waals surface area contributed by atoms with Crippen molar-refractivity contribution in [1.29, 1.82) is 0 Å². The van der Waals surface area contributed by atoms with Crippen LogP contribution in [0.4, 0.5) is 0 Å². The van der Waals surface area contributed by atoms with Crippen molar-refractivity contribution in [3.63, 3.8) is 0 Å². The van der Waals surface area contributed by atoms with E-state index in [4.69, 9.17) is 4.74 Å². The van der Waals surface area contributed by atoms with Crippen LogP contribution >= 0.6 is 0 Å². The monoisotopic (exact) mass is 263 g/mol. The third kappa shape index (κ3) is 2.39. The third-order valence-corrected chi connectivity index (χ3v) is 4.38. The molecule has 0 aromatic carbocycles. The number of esters is 1. The molecule has 1 aromatic heterocycles. The summed E-state index contributed by atoms with van der Waals surface area (Å²) >= 11 is 0. The number of rotatable bonds is 2. The number of hydrogen-bond acceptors (Lipinski definition) is 4. The van der Waals surface area contributed by atoms with E-state index in [0.29, 0.717) is 6.42 Å². The number of aromatic nitrogens is 2. The first-order chi connectivity index (χ1) is 9.08. The van der Waals surface area contributed by atoms with Crippen LogP contribution in [0.2, 0.25) is 0 Å². The number of nitrogens with zero attached hydrogens (tertiary/aromatic N) is 3. The zero-order valence-electron chi connectivity index (χ0n) is 11.7. The van der Waals surface area contributed by atoms with Crippen LogP contribution in [0, 0.1) is 6.92 Å². The van der Waals surface area contributed by atoms with E-state index in [1.54, 1.807) is 0 Å². The maximum absolute atomic E-state index is 11.4. The number of carbonyl (C=O) groups is 1. The van der Waals surface area contributed by atoms with Crippen molar-refractivity contribution < 1.29 is 9.53 Å². The molecule has 104 valence electrons. The van der Waals surface area contributed by atoms with Crippen LogP contribution in [0.15, 0.2) is 6.20 Å². The molecular formula is C14H21N3O2. The molecule has 2 saturated heterocycles. The van der Waals surface area contributed by atoms with E-state index in [2.05, 4.69) is 16.9 Å². The molecule has 3 heterocycles. The highest BCUT2D eigenvalue weighted by Gasteiger charge is 2.43. The van der Waals surface area contributed by atoms with Crippen molar-refractivity contribution in [2.24, 2.45) is 7.05 Å². The Morgan fingerprint density at radius 1 is 1.47 bits per heavy atom. The Labute approximate surface area is 113 Å². The minimum absolute atomic E-state index is 0.0291. The standard InChI is InChI=1S/C14H21N3O2/c1-11-8-15-16(2)12(11)9-17-7-3-5-14(10-17)6-4-13(18)19-14/h8H,3-7,9-10H2,1-2H3/t14-/m1/s1. The lowest BCUT2D eigenvalue weighted by Crippen LogP contribution is -2.47. The molecule has 0 N–H and O–H groups in total. The van der Waals surface area contributed by atoms with Gasteiger partial charge in [0.25, 0.3) is 0 Å². The zero-order chi connectivity index (χ0) is 13.5. The summed E-state index contributed by atoms with van der Waals surface area (Å²) in [5.74, 6) is -0.0291. The van der Waals surface area contributed by atoms with Gasteiger partial charge >= 0.3 is 5.97 Å². The lowest BCUT2D eigenvalue weighted by Gasteiger charge is -2.39. The van der Waals surface area contributed by atoms with Crippen LogP contribution in [-0.4, -0.2) is 39.3 Å². The van der Waals surface area contributed by atoms with Gasteiger partial charge in [0, 0.05) is 26.6 Å². The Bertz CT molecular complexity index is 477. The van der Waals surface area contributed by atoms with Crippen molar-refractivity contribution >= 4 is 5.97 Å². The van der Waals surface area contributed by atoms with Crippen molar-refractivity contribution in [3.05, 3.63) is 17.5 Å². The highest BCUT2D eigenvalue weighted by molar-refractivity contribution is 5.72. The molecule has 0 amide bonds. The second kappa shape index (κ2) is 4.63. The number of carbonyl (C=O) groups excluding carboxylic acids is 1. The summed E-state index contributed by atoms with van der Waals surface area (Å²) in [4.78, 5) is 13.8. The van der Waals surface area contributed by atoms with E-state index in [1.807, 2.05) is 17.9 Å². The smallest absolute Gasteiger partial charge is 0.306 e. The fourth-order valence-corrected chi connectivity index (χ4v) is 3.30. The van der Waals surface area contributed by atoms with Crippen molar-refractivity contribution in [1.82, 2.24) is 14.7 Å². The molecule has 1 spiro atoms. The molecule has 5 heteroatoms. The van der Waals surface area contributed by atoms with E-state index in [1.165, 1.54) is 11.3 Å². The third-order valence-electron chi connectivity index (χ3n) is 4.38. The van der Waals surface area contributed by atoms with E-state index in [9.17, 15) is 4.79 Å². The molecule has 1 atom stereocenters. The van der Waals surface area contributed by atoms with E-state index in [-0.39, 0.29) is 11.6 Å². The average molecular weight is 263 g/mol. The van der Waals surface area contributed by atoms with Gasteiger partial charge in [0.15, 0.2) is 0 Å². The second-order valence-electron chi connectivity index (χ2n) is 5.87. The Kier molecular flexibility index (Phi) is 3.09. The van der Waals surface area contributed by atoms with Gasteiger partial charge < -0.3 is 4.74 Å². The minimum Gasteiger partial charge on any atom is -0.458 e. The Morgan fingerprint density at radius 3 is 2.95 bits per heavy atom. The maximum Gasteiger partial charge on any atom is 0.306 e. The molecule has 2 fully saturated rings. The number of likely N-dealkylation sites (tertiary alicyclic amines) is 1. The predicted molar refractivity (Wildman–Crippen MR) is 70.5 cm³/mol. The highest BCUT2D eigenvalue weighted by Crippen LogP contribution is 2.35. The summed E-state index contributed by atoms with van der Waals surface area (Å²) in [5.41, 5.74) is 2.27. The van der Waals surface area contributed by atoms with Crippen molar-refractivity contribution in [2.45, 2.75) is 44.8 Å². The van der Waals surface area contributed by atoms with Gasteiger partial charge in [-0.25, -0.2) is 0 Å². The molecular weight excluding hydrogens is 242 g/mol. The maximum atomic E-state index is 11.4. The summed E-state index contributed by atoms with van der Waals surface area (Å²) in [5, 5.41) is 4.29. The van der Waals surface area contributed by atoms with Crippen LogP contribution in [0.1, 0.15) is 36.9 Å². The lowest BCUT2D eigenvalue weighted by molar-refractivity contribution is -0.152. The molecule has 2 aliphatic heterocycles. The largest absolute Gasteiger partial charge is 0.458 e. The number of hydrogen-bond donors (Lipinski definition) is 0. The topological polar surface area (TPSA) is 47.4 Å². The van der Waals surface area contributed by atoms with Gasteiger partial charge in [0.2, 0.25) is 0 Å². The first-order valence-electron chi connectivity index (χ1n) is 7.00. The molecule has 3 rings (SSSR count). The number of piperidine rings is 1. The van der Waals surface area contributed by atoms with E-state index >= 15 is 0 Å². The van der Waals surface area contributed by atoms with Gasteiger partial charge in [-0.2, -0.15) is 5.10 Å². The normalized spacial score (nSPS) is 28.0. The van der Waals surface area contributed by atoms with Crippen LogP contribution in [-0.2, 0) is 23.1 Å². The van der Waals surface area contributed by atoms with Gasteiger partial charge in [-0.1, -0.05) is 0 Å². The van der Waals surface area contributed by atoms with Crippen LogP contribution < -0.4 is 0 Å². The quantitative estimate of drug-likeness (QED) is 0.757. The zero-order valence-corrected chi connectivity index (χ0v) is 11.7. The summed E-state index contributed by atoms with van der Waals surface area (Å²) in [6, 6.07) is 0. The summed E-state index contributed by atoms with van der Waals surface area (Å²) < 4.78 is 7.54.